The first-order valence-electron chi connectivity index (χ1n) is 10.4. The third-order valence-electron chi connectivity index (χ3n) is 4.78. The molecule has 4 heteroatoms. The van der Waals surface area contributed by atoms with E-state index in [4.69, 9.17) is 4.74 Å². The van der Waals surface area contributed by atoms with Crippen molar-refractivity contribution in [2.24, 2.45) is 5.92 Å². The number of unbranched alkanes of at least 4 members (excludes halogenated alkanes) is 1. The van der Waals surface area contributed by atoms with E-state index in [2.05, 4.69) is 24.4 Å². The van der Waals surface area contributed by atoms with Crippen molar-refractivity contribution in [3.05, 3.63) is 66.2 Å². The van der Waals surface area contributed by atoms with Gasteiger partial charge in [-0.25, -0.2) is 0 Å². The summed E-state index contributed by atoms with van der Waals surface area (Å²) in [5.74, 6) is 0.667. The fraction of sp³-hybridized carbons (Fsp3) is 0.458. The van der Waals surface area contributed by atoms with Crippen LogP contribution >= 0.6 is 0 Å². The number of nitrogens with one attached hydrogen (secondary N) is 1. The van der Waals surface area contributed by atoms with Gasteiger partial charge in [0.15, 0.2) is 0 Å². The van der Waals surface area contributed by atoms with E-state index in [-0.39, 0.29) is 5.91 Å². The van der Waals surface area contributed by atoms with Gasteiger partial charge in [0, 0.05) is 18.7 Å². The number of anilines is 1. The molecule has 0 radical (unpaired) electrons. The molecule has 0 aliphatic carbocycles. The number of hydrogen-bond donors (Lipinski definition) is 1. The summed E-state index contributed by atoms with van der Waals surface area (Å²) in [6.07, 6.45) is 3.92. The summed E-state index contributed by atoms with van der Waals surface area (Å²) in [5, 5.41) is 3.34. The summed E-state index contributed by atoms with van der Waals surface area (Å²) >= 11 is 0. The molecule has 0 fully saturated rings. The van der Waals surface area contributed by atoms with Crippen molar-refractivity contribution in [1.82, 2.24) is 5.32 Å². The number of ether oxygens (including phenoxy) is 1. The number of carbonyl (C=O) groups is 1. The molecule has 0 bridgehead atoms. The molecular weight excluding hydrogens is 348 g/mol. The van der Waals surface area contributed by atoms with E-state index >= 15 is 0 Å². The van der Waals surface area contributed by atoms with Crippen LogP contribution in [0.1, 0.15) is 45.1 Å². The maximum Gasteiger partial charge on any atom is 0.226 e. The Balaban J connectivity index is 1.58. The SMILES string of the molecule is CCC(=O)N(CC(C)CCCCNCOCc1ccccc1)c1ccccc1. The van der Waals surface area contributed by atoms with Crippen molar-refractivity contribution in [1.29, 1.82) is 0 Å². The number of para-hydroxylation sites is 1. The van der Waals surface area contributed by atoms with Crippen molar-refractivity contribution in [3.8, 4) is 0 Å². The summed E-state index contributed by atoms with van der Waals surface area (Å²) in [6, 6.07) is 20.2. The first-order valence-corrected chi connectivity index (χ1v) is 10.4. The molecule has 0 aliphatic heterocycles. The predicted molar refractivity (Wildman–Crippen MR) is 116 cm³/mol. The summed E-state index contributed by atoms with van der Waals surface area (Å²) in [5.41, 5.74) is 2.20. The number of carbonyl (C=O) groups excluding carboxylic acids is 1. The minimum Gasteiger partial charge on any atom is -0.362 e. The number of rotatable bonds is 13. The molecule has 152 valence electrons. The zero-order valence-corrected chi connectivity index (χ0v) is 17.3. The zero-order valence-electron chi connectivity index (χ0n) is 17.3. The van der Waals surface area contributed by atoms with Crippen LogP contribution in [-0.4, -0.2) is 25.7 Å². The van der Waals surface area contributed by atoms with Gasteiger partial charge in [-0.3, -0.25) is 10.1 Å². The quantitative estimate of drug-likeness (QED) is 0.391. The molecule has 1 amide bonds. The second-order valence-corrected chi connectivity index (χ2v) is 7.27. The van der Waals surface area contributed by atoms with Gasteiger partial charge >= 0.3 is 0 Å². The molecule has 1 N–H and O–H groups in total. The smallest absolute Gasteiger partial charge is 0.226 e. The van der Waals surface area contributed by atoms with Crippen molar-refractivity contribution < 1.29 is 9.53 Å². The fourth-order valence-electron chi connectivity index (χ4n) is 3.18. The van der Waals surface area contributed by atoms with Gasteiger partial charge in [0.1, 0.15) is 0 Å². The molecule has 2 aromatic carbocycles. The van der Waals surface area contributed by atoms with E-state index < -0.39 is 0 Å². The summed E-state index contributed by atoms with van der Waals surface area (Å²) < 4.78 is 5.63. The van der Waals surface area contributed by atoms with Crippen LogP contribution in [-0.2, 0) is 16.1 Å². The first kappa shape index (κ1) is 22.1. The number of nitrogens with zero attached hydrogens (tertiary/aromatic N) is 1. The van der Waals surface area contributed by atoms with Gasteiger partial charge in [0.05, 0.1) is 13.3 Å². The molecule has 0 saturated carbocycles. The standard InChI is InChI=1S/C24H34N2O2/c1-3-24(27)26(23-15-8-5-9-16-23)18-21(2)12-10-11-17-25-20-28-19-22-13-6-4-7-14-22/h4-9,13-16,21,25H,3,10-12,17-20H2,1-2H3. The lowest BCUT2D eigenvalue weighted by Crippen LogP contribution is -2.34. The van der Waals surface area contributed by atoms with Gasteiger partial charge < -0.3 is 9.64 Å². The zero-order chi connectivity index (χ0) is 20.0. The van der Waals surface area contributed by atoms with Crippen molar-refractivity contribution in [3.63, 3.8) is 0 Å². The van der Waals surface area contributed by atoms with Crippen LogP contribution in [0.5, 0.6) is 0 Å². The Kier molecular flexibility index (Phi) is 10.3. The fourth-order valence-corrected chi connectivity index (χ4v) is 3.18. The highest BCUT2D eigenvalue weighted by molar-refractivity contribution is 5.93. The summed E-state index contributed by atoms with van der Waals surface area (Å²) in [6.45, 7) is 7.12. The first-order chi connectivity index (χ1) is 13.7. The molecule has 0 saturated heterocycles. The average molecular weight is 383 g/mol. The van der Waals surface area contributed by atoms with Crippen LogP contribution in [0, 0.1) is 5.92 Å². The van der Waals surface area contributed by atoms with E-state index in [1.807, 2.05) is 60.4 Å². The van der Waals surface area contributed by atoms with Crippen molar-refractivity contribution in [2.75, 3.05) is 24.7 Å². The lowest BCUT2D eigenvalue weighted by atomic mass is 10.0. The van der Waals surface area contributed by atoms with Gasteiger partial charge in [0.25, 0.3) is 0 Å². The highest BCUT2D eigenvalue weighted by Gasteiger charge is 2.16. The molecule has 1 unspecified atom stereocenters. The van der Waals surface area contributed by atoms with Crippen molar-refractivity contribution in [2.45, 2.75) is 46.1 Å². The Morgan fingerprint density at radius 2 is 1.71 bits per heavy atom. The molecule has 0 heterocycles. The minimum absolute atomic E-state index is 0.190. The van der Waals surface area contributed by atoms with Crippen LogP contribution in [0.15, 0.2) is 60.7 Å². The average Bonchev–Trinajstić information content (AvgIpc) is 2.74. The lowest BCUT2D eigenvalue weighted by molar-refractivity contribution is -0.118. The molecule has 0 spiro atoms. The largest absolute Gasteiger partial charge is 0.362 e. The van der Waals surface area contributed by atoms with E-state index in [1.165, 1.54) is 5.56 Å². The Bertz CT molecular complexity index is 661. The van der Waals surface area contributed by atoms with Gasteiger partial charge in [-0.15, -0.1) is 0 Å². The molecule has 1 atom stereocenters. The molecule has 4 nitrogen and oxygen atoms in total. The second-order valence-electron chi connectivity index (χ2n) is 7.27. The maximum absolute atomic E-state index is 12.3. The Labute approximate surface area is 169 Å². The number of benzene rings is 2. The van der Waals surface area contributed by atoms with Crippen LogP contribution in [0.3, 0.4) is 0 Å². The summed E-state index contributed by atoms with van der Waals surface area (Å²) in [7, 11) is 0. The van der Waals surface area contributed by atoms with Crippen LogP contribution in [0.4, 0.5) is 5.69 Å². The van der Waals surface area contributed by atoms with E-state index in [0.29, 0.717) is 25.7 Å². The minimum atomic E-state index is 0.190. The third kappa shape index (κ3) is 8.24. The van der Waals surface area contributed by atoms with Gasteiger partial charge in [-0.2, -0.15) is 0 Å². The molecular formula is C24H34N2O2. The highest BCUT2D eigenvalue weighted by Crippen LogP contribution is 2.18. The number of amides is 1. The van der Waals surface area contributed by atoms with E-state index in [1.54, 1.807) is 0 Å². The van der Waals surface area contributed by atoms with Crippen LogP contribution < -0.4 is 10.2 Å². The highest BCUT2D eigenvalue weighted by atomic mass is 16.5. The molecule has 2 aromatic rings. The normalized spacial score (nSPS) is 11.9. The van der Waals surface area contributed by atoms with Crippen LogP contribution in [0.2, 0.25) is 0 Å². The van der Waals surface area contributed by atoms with Crippen molar-refractivity contribution >= 4 is 11.6 Å². The molecule has 2 rings (SSSR count). The molecule has 0 aromatic heterocycles. The van der Waals surface area contributed by atoms with Crippen LogP contribution in [0.25, 0.3) is 0 Å². The maximum atomic E-state index is 12.3. The Hall–Kier alpha value is -2.17. The Morgan fingerprint density at radius 3 is 2.39 bits per heavy atom. The molecule has 0 aliphatic rings. The number of hydrogen-bond acceptors (Lipinski definition) is 3. The molecule has 28 heavy (non-hydrogen) atoms. The predicted octanol–water partition coefficient (Wildman–Crippen LogP) is 5.00. The van der Waals surface area contributed by atoms with E-state index in [9.17, 15) is 4.79 Å². The monoisotopic (exact) mass is 382 g/mol. The Morgan fingerprint density at radius 1 is 1.04 bits per heavy atom. The van der Waals surface area contributed by atoms with Gasteiger partial charge in [-0.1, -0.05) is 68.8 Å². The topological polar surface area (TPSA) is 41.6 Å². The second kappa shape index (κ2) is 13.1. The third-order valence-corrected chi connectivity index (χ3v) is 4.78. The van der Waals surface area contributed by atoms with E-state index in [0.717, 1.165) is 38.0 Å². The lowest BCUT2D eigenvalue weighted by Gasteiger charge is -2.26. The van der Waals surface area contributed by atoms with Gasteiger partial charge in [0.2, 0.25) is 5.91 Å². The van der Waals surface area contributed by atoms with Gasteiger partial charge in [-0.05, 0) is 43.0 Å². The summed E-state index contributed by atoms with van der Waals surface area (Å²) in [4.78, 5) is 14.3.